The van der Waals surface area contributed by atoms with E-state index in [1.807, 2.05) is 49.0 Å². The highest BCUT2D eigenvalue weighted by Crippen LogP contribution is 2.36. The lowest BCUT2D eigenvalue weighted by atomic mass is 9.72. The van der Waals surface area contributed by atoms with Crippen molar-refractivity contribution in [1.29, 1.82) is 0 Å². The van der Waals surface area contributed by atoms with E-state index in [-0.39, 0.29) is 11.0 Å². The van der Waals surface area contributed by atoms with Crippen LogP contribution in [0.4, 0.5) is 5.69 Å². The molecule has 1 atom stereocenters. The van der Waals surface area contributed by atoms with Crippen LogP contribution in [0.2, 0.25) is 0 Å². The van der Waals surface area contributed by atoms with Crippen molar-refractivity contribution in [2.24, 2.45) is 23.5 Å². The van der Waals surface area contributed by atoms with Gasteiger partial charge in [-0.2, -0.15) is 5.10 Å². The summed E-state index contributed by atoms with van der Waals surface area (Å²) in [4.78, 5) is 12.9. The van der Waals surface area contributed by atoms with Crippen molar-refractivity contribution in [3.8, 4) is 5.69 Å². The summed E-state index contributed by atoms with van der Waals surface area (Å²) in [7, 11) is 1.86. The lowest BCUT2D eigenvalue weighted by Crippen LogP contribution is -2.32. The molecule has 1 aliphatic carbocycles. The number of hydrogen-bond donors (Lipinski definition) is 2. The number of para-hydroxylation sites is 1. The smallest absolute Gasteiger partial charge is 0.295 e. The van der Waals surface area contributed by atoms with Crippen LogP contribution >= 0.6 is 12.2 Å². The number of nitrogens with one attached hydrogen (secondary N) is 2. The predicted octanol–water partition coefficient (Wildman–Crippen LogP) is 3.97. The summed E-state index contributed by atoms with van der Waals surface area (Å²) in [6, 6.07) is 9.55. The van der Waals surface area contributed by atoms with Crippen LogP contribution in [0.3, 0.4) is 0 Å². The highest BCUT2D eigenvalue weighted by Gasteiger charge is 2.29. The Morgan fingerprint density at radius 1 is 1.29 bits per heavy atom. The fourth-order valence-corrected chi connectivity index (χ4v) is 4.33. The molecule has 6 nitrogen and oxygen atoms in total. The third-order valence-electron chi connectivity index (χ3n) is 5.28. The summed E-state index contributed by atoms with van der Waals surface area (Å²) in [5, 5.41) is 7.89. The van der Waals surface area contributed by atoms with Gasteiger partial charge in [0.2, 0.25) is 0 Å². The molecule has 0 radical (unpaired) electrons. The molecule has 3 rings (SSSR count). The molecule has 1 aliphatic rings. The number of thiocarbonyl (C=S) groups is 1. The first-order valence-electron chi connectivity index (χ1n) is 9.64. The van der Waals surface area contributed by atoms with Crippen LogP contribution in [-0.4, -0.2) is 20.2 Å². The molecule has 0 unspecified atom stereocenters. The predicted molar refractivity (Wildman–Crippen MR) is 119 cm³/mol. The van der Waals surface area contributed by atoms with Crippen LogP contribution in [0.25, 0.3) is 5.69 Å². The zero-order valence-electron chi connectivity index (χ0n) is 17.2. The van der Waals surface area contributed by atoms with Gasteiger partial charge in [-0.3, -0.25) is 14.9 Å². The van der Waals surface area contributed by atoms with Crippen molar-refractivity contribution in [3.63, 3.8) is 0 Å². The lowest BCUT2D eigenvalue weighted by molar-refractivity contribution is 0.265. The highest BCUT2D eigenvalue weighted by atomic mass is 32.1. The highest BCUT2D eigenvalue weighted by molar-refractivity contribution is 7.80. The molecule has 2 N–H and O–H groups in total. The zero-order chi connectivity index (χ0) is 20.5. The van der Waals surface area contributed by atoms with Gasteiger partial charge in [0, 0.05) is 12.8 Å². The number of anilines is 1. The maximum atomic E-state index is 12.9. The molecule has 1 fully saturated rings. The quantitative estimate of drug-likeness (QED) is 0.605. The Bertz CT molecular complexity index is 955. The van der Waals surface area contributed by atoms with Gasteiger partial charge >= 0.3 is 0 Å². The SMILES string of the molecule is Cc1c(NC(=S)N/N=C2\C[C@@H](C)CC(C)(C)C2)c(=O)n(-c2ccccc2)n1C. The van der Waals surface area contributed by atoms with E-state index in [0.29, 0.717) is 16.7 Å². The van der Waals surface area contributed by atoms with E-state index in [4.69, 9.17) is 12.2 Å². The molecule has 150 valence electrons. The lowest BCUT2D eigenvalue weighted by Gasteiger charge is -2.34. The second-order valence-electron chi connectivity index (χ2n) is 8.53. The molecule has 7 heteroatoms. The average molecular weight is 400 g/mol. The Morgan fingerprint density at radius 2 is 1.96 bits per heavy atom. The molecule has 1 aromatic heterocycles. The topological polar surface area (TPSA) is 63.4 Å². The van der Waals surface area contributed by atoms with Gasteiger partial charge < -0.3 is 5.32 Å². The van der Waals surface area contributed by atoms with Crippen LogP contribution in [0.15, 0.2) is 40.2 Å². The van der Waals surface area contributed by atoms with Gasteiger partial charge in [0.15, 0.2) is 5.11 Å². The number of benzene rings is 1. The molecule has 0 saturated heterocycles. The third kappa shape index (κ3) is 4.35. The summed E-state index contributed by atoms with van der Waals surface area (Å²) in [6.45, 7) is 8.69. The van der Waals surface area contributed by atoms with Crippen molar-refractivity contribution in [1.82, 2.24) is 14.8 Å². The summed E-state index contributed by atoms with van der Waals surface area (Å²) in [6.07, 6.45) is 3.14. The molecule has 1 aromatic carbocycles. The summed E-state index contributed by atoms with van der Waals surface area (Å²) in [5.74, 6) is 0.611. The fourth-order valence-electron chi connectivity index (χ4n) is 4.18. The monoisotopic (exact) mass is 399 g/mol. The maximum Gasteiger partial charge on any atom is 0.295 e. The zero-order valence-corrected chi connectivity index (χ0v) is 18.1. The molecular formula is C21H29N5OS. The standard InChI is InChI=1S/C21H29N5OS/c1-14-11-16(13-21(3,4)12-14)23-24-20(28)22-18-15(2)25(5)26(19(18)27)17-9-7-6-8-10-17/h6-10,14H,11-13H2,1-5H3,(H2,22,24,28)/b23-16+/t14-/m1/s1. The van der Waals surface area contributed by atoms with E-state index >= 15 is 0 Å². The average Bonchev–Trinajstić information content (AvgIpc) is 2.82. The fraction of sp³-hybridized carbons (Fsp3) is 0.476. The Kier molecular flexibility index (Phi) is 5.74. The van der Waals surface area contributed by atoms with Gasteiger partial charge in [0.1, 0.15) is 5.69 Å². The van der Waals surface area contributed by atoms with Crippen LogP contribution in [-0.2, 0) is 7.05 Å². The number of hydrogen-bond acceptors (Lipinski definition) is 3. The second-order valence-corrected chi connectivity index (χ2v) is 8.94. The number of nitrogens with zero attached hydrogens (tertiary/aromatic N) is 3. The first kappa shape index (κ1) is 20.3. The maximum absolute atomic E-state index is 12.9. The summed E-state index contributed by atoms with van der Waals surface area (Å²) >= 11 is 5.39. The van der Waals surface area contributed by atoms with Crippen LogP contribution in [0.1, 0.15) is 45.7 Å². The Labute approximate surface area is 171 Å². The Balaban J connectivity index is 1.76. The molecule has 28 heavy (non-hydrogen) atoms. The minimum atomic E-state index is -0.143. The minimum Gasteiger partial charge on any atom is -0.325 e. The molecule has 2 aromatic rings. The van der Waals surface area contributed by atoms with Gasteiger partial charge in [-0.1, -0.05) is 39.0 Å². The molecule has 0 aliphatic heterocycles. The number of hydrazone groups is 1. The number of rotatable bonds is 3. The molecule has 1 saturated carbocycles. The molecule has 0 amide bonds. The Morgan fingerprint density at radius 3 is 2.61 bits per heavy atom. The van der Waals surface area contributed by atoms with E-state index in [2.05, 4.69) is 36.6 Å². The second kappa shape index (κ2) is 7.91. The molecule has 0 spiro atoms. The van der Waals surface area contributed by atoms with E-state index in [9.17, 15) is 4.79 Å². The third-order valence-corrected chi connectivity index (χ3v) is 5.47. The first-order chi connectivity index (χ1) is 13.2. The summed E-state index contributed by atoms with van der Waals surface area (Å²) in [5.41, 5.74) is 6.24. The van der Waals surface area contributed by atoms with Crippen molar-refractivity contribution in [3.05, 3.63) is 46.4 Å². The van der Waals surface area contributed by atoms with Crippen molar-refractivity contribution in [2.75, 3.05) is 5.32 Å². The normalized spacial score (nSPS) is 20.2. The molecule has 1 heterocycles. The van der Waals surface area contributed by atoms with Crippen LogP contribution in [0, 0.1) is 18.3 Å². The minimum absolute atomic E-state index is 0.143. The van der Waals surface area contributed by atoms with Gasteiger partial charge in [-0.25, -0.2) is 4.68 Å². The van der Waals surface area contributed by atoms with Gasteiger partial charge in [0.25, 0.3) is 5.56 Å². The van der Waals surface area contributed by atoms with Crippen molar-refractivity contribution in [2.45, 2.75) is 47.0 Å². The van der Waals surface area contributed by atoms with Crippen LogP contribution < -0.4 is 16.3 Å². The van der Waals surface area contributed by atoms with E-state index < -0.39 is 0 Å². The molecular weight excluding hydrogens is 370 g/mol. The van der Waals surface area contributed by atoms with Gasteiger partial charge in [-0.05, 0) is 61.9 Å². The Hall–Kier alpha value is -2.41. The number of aromatic nitrogens is 2. The first-order valence-corrected chi connectivity index (χ1v) is 10.1. The summed E-state index contributed by atoms with van der Waals surface area (Å²) < 4.78 is 3.44. The van der Waals surface area contributed by atoms with Gasteiger partial charge in [-0.15, -0.1) is 0 Å². The van der Waals surface area contributed by atoms with E-state index in [0.717, 1.165) is 29.9 Å². The van der Waals surface area contributed by atoms with Gasteiger partial charge in [0.05, 0.1) is 11.4 Å². The van der Waals surface area contributed by atoms with Crippen molar-refractivity contribution < 1.29 is 0 Å². The largest absolute Gasteiger partial charge is 0.325 e. The molecule has 0 bridgehead atoms. The van der Waals surface area contributed by atoms with E-state index in [1.165, 1.54) is 6.42 Å². The van der Waals surface area contributed by atoms with Crippen LogP contribution in [0.5, 0.6) is 0 Å². The van der Waals surface area contributed by atoms with Crippen molar-refractivity contribution >= 4 is 28.7 Å². The van der Waals surface area contributed by atoms with E-state index in [1.54, 1.807) is 4.68 Å².